The van der Waals surface area contributed by atoms with Gasteiger partial charge in [-0.15, -0.1) is 5.10 Å². The van der Waals surface area contributed by atoms with Crippen LogP contribution in [0.25, 0.3) is 0 Å². The van der Waals surface area contributed by atoms with Gasteiger partial charge in [-0.2, -0.15) is 0 Å². The van der Waals surface area contributed by atoms with E-state index in [0.29, 0.717) is 24.4 Å². The maximum atomic E-state index is 13.4. The van der Waals surface area contributed by atoms with Crippen LogP contribution in [0.2, 0.25) is 0 Å². The van der Waals surface area contributed by atoms with Crippen LogP contribution in [0.1, 0.15) is 23.9 Å². The Bertz CT molecular complexity index is 632. The zero-order valence-electron chi connectivity index (χ0n) is 10.8. The van der Waals surface area contributed by atoms with Crippen molar-refractivity contribution in [1.82, 2.24) is 10.2 Å². The van der Waals surface area contributed by atoms with Crippen LogP contribution in [0, 0.1) is 18.6 Å². The minimum Gasteiger partial charge on any atom is -0.408 e. The molecule has 7 heteroatoms. The van der Waals surface area contributed by atoms with E-state index >= 15 is 0 Å². The molecule has 2 heterocycles. The number of β-amino-alcohol motifs (C(OH)–C–C–N with tert-alkyl or cyclic N) is 1. The molecule has 1 N–H and O–H groups in total. The molecule has 0 amide bonds. The summed E-state index contributed by atoms with van der Waals surface area (Å²) in [5.41, 5.74) is 0.566. The molecule has 0 radical (unpaired) electrons. The molecule has 0 saturated carbocycles. The minimum absolute atomic E-state index is 0.272. The van der Waals surface area contributed by atoms with Crippen molar-refractivity contribution in [2.45, 2.75) is 25.5 Å². The van der Waals surface area contributed by atoms with Gasteiger partial charge in [0.15, 0.2) is 11.6 Å². The van der Waals surface area contributed by atoms with Crippen molar-refractivity contribution in [2.24, 2.45) is 0 Å². The summed E-state index contributed by atoms with van der Waals surface area (Å²) in [5.74, 6) is -1.40. The molecular formula is C13H13F2N3O2. The summed E-state index contributed by atoms with van der Waals surface area (Å²) in [7, 11) is 0. The lowest BCUT2D eigenvalue weighted by atomic mass is 10.0. The van der Waals surface area contributed by atoms with Crippen LogP contribution in [-0.2, 0) is 0 Å². The number of nitrogens with zero attached hydrogens (tertiary/aromatic N) is 3. The molecule has 1 fully saturated rings. The second-order valence-electron chi connectivity index (χ2n) is 4.83. The normalized spacial score (nSPS) is 22.5. The number of benzene rings is 1. The standard InChI is InChI=1S/C13H13F2N3O2/c1-7-16-17-13(20-7)18-6-9(19)5-12(18)8-2-3-10(14)11(15)4-8/h2-4,9,12,19H,5-6H2,1H3. The lowest BCUT2D eigenvalue weighted by Crippen LogP contribution is -2.24. The zero-order valence-corrected chi connectivity index (χ0v) is 10.8. The first-order valence-electron chi connectivity index (χ1n) is 6.24. The van der Waals surface area contributed by atoms with E-state index in [0.717, 1.165) is 12.1 Å². The summed E-state index contributed by atoms with van der Waals surface area (Å²) in [6.07, 6.45) is -0.188. The number of aliphatic hydroxyl groups is 1. The monoisotopic (exact) mass is 281 g/mol. The topological polar surface area (TPSA) is 62.4 Å². The number of aliphatic hydroxyl groups excluding tert-OH is 1. The molecule has 1 aliphatic heterocycles. The molecule has 1 saturated heterocycles. The van der Waals surface area contributed by atoms with E-state index in [1.807, 2.05) is 0 Å². The summed E-state index contributed by atoms with van der Waals surface area (Å²) >= 11 is 0. The van der Waals surface area contributed by atoms with Crippen LogP contribution in [0.4, 0.5) is 14.8 Å². The Morgan fingerprint density at radius 1 is 1.30 bits per heavy atom. The molecule has 2 aromatic rings. The molecule has 1 aromatic heterocycles. The highest BCUT2D eigenvalue weighted by molar-refractivity contribution is 5.37. The van der Waals surface area contributed by atoms with Gasteiger partial charge in [-0.1, -0.05) is 11.2 Å². The zero-order chi connectivity index (χ0) is 14.3. The highest BCUT2D eigenvalue weighted by Crippen LogP contribution is 2.35. The van der Waals surface area contributed by atoms with Crippen LogP contribution in [0.15, 0.2) is 22.6 Å². The van der Waals surface area contributed by atoms with Gasteiger partial charge in [0.1, 0.15) is 0 Å². The highest BCUT2D eigenvalue weighted by atomic mass is 19.2. The second kappa shape index (κ2) is 4.82. The third-order valence-corrected chi connectivity index (χ3v) is 3.37. The van der Waals surface area contributed by atoms with E-state index in [2.05, 4.69) is 10.2 Å². The van der Waals surface area contributed by atoms with E-state index in [4.69, 9.17) is 4.42 Å². The maximum absolute atomic E-state index is 13.4. The van der Waals surface area contributed by atoms with Gasteiger partial charge in [0, 0.05) is 13.5 Å². The van der Waals surface area contributed by atoms with Crippen molar-refractivity contribution in [3.8, 4) is 0 Å². The highest BCUT2D eigenvalue weighted by Gasteiger charge is 2.35. The Hall–Kier alpha value is -2.02. The molecular weight excluding hydrogens is 268 g/mol. The number of rotatable bonds is 2. The molecule has 1 aromatic carbocycles. The van der Waals surface area contributed by atoms with Crippen LogP contribution in [0.5, 0.6) is 0 Å². The molecule has 20 heavy (non-hydrogen) atoms. The molecule has 2 unspecified atom stereocenters. The van der Waals surface area contributed by atoms with Gasteiger partial charge in [-0.25, -0.2) is 8.78 Å². The molecule has 106 valence electrons. The average molecular weight is 281 g/mol. The fourth-order valence-electron chi connectivity index (χ4n) is 2.46. The average Bonchev–Trinajstić information content (AvgIpc) is 2.99. The summed E-state index contributed by atoms with van der Waals surface area (Å²) in [6.45, 7) is 1.97. The lowest BCUT2D eigenvalue weighted by molar-refractivity contribution is 0.194. The quantitative estimate of drug-likeness (QED) is 0.911. The van der Waals surface area contributed by atoms with E-state index in [1.54, 1.807) is 11.8 Å². The van der Waals surface area contributed by atoms with Crippen molar-refractivity contribution < 1.29 is 18.3 Å². The first kappa shape index (κ1) is 13.0. The third-order valence-electron chi connectivity index (χ3n) is 3.37. The summed E-state index contributed by atoms with van der Waals surface area (Å²) in [4.78, 5) is 1.71. The third kappa shape index (κ3) is 2.24. The molecule has 0 bridgehead atoms. The Kier molecular flexibility index (Phi) is 3.13. The van der Waals surface area contributed by atoms with Gasteiger partial charge >= 0.3 is 6.01 Å². The van der Waals surface area contributed by atoms with E-state index in [-0.39, 0.29) is 12.1 Å². The number of aryl methyl sites for hydroxylation is 1. The van der Waals surface area contributed by atoms with Gasteiger partial charge in [0.25, 0.3) is 0 Å². The van der Waals surface area contributed by atoms with E-state index < -0.39 is 17.7 Å². The summed E-state index contributed by atoms with van der Waals surface area (Å²) in [5, 5.41) is 17.5. The first-order chi connectivity index (χ1) is 9.54. The Morgan fingerprint density at radius 2 is 2.10 bits per heavy atom. The van der Waals surface area contributed by atoms with Gasteiger partial charge < -0.3 is 14.4 Å². The maximum Gasteiger partial charge on any atom is 0.318 e. The second-order valence-corrected chi connectivity index (χ2v) is 4.83. The number of aromatic nitrogens is 2. The van der Waals surface area contributed by atoms with Gasteiger partial charge in [-0.3, -0.25) is 0 Å². The predicted octanol–water partition coefficient (Wildman–Crippen LogP) is 1.97. The van der Waals surface area contributed by atoms with Gasteiger partial charge in [-0.05, 0) is 24.1 Å². The summed E-state index contributed by atoms with van der Waals surface area (Å²) in [6, 6.07) is 3.66. The van der Waals surface area contributed by atoms with Crippen molar-refractivity contribution >= 4 is 6.01 Å². The lowest BCUT2D eigenvalue weighted by Gasteiger charge is -2.22. The Morgan fingerprint density at radius 3 is 2.75 bits per heavy atom. The minimum atomic E-state index is -0.912. The molecule has 3 rings (SSSR count). The largest absolute Gasteiger partial charge is 0.408 e. The van der Waals surface area contributed by atoms with E-state index in [1.165, 1.54) is 6.07 Å². The van der Waals surface area contributed by atoms with Crippen LogP contribution in [0.3, 0.4) is 0 Å². The number of hydrogen-bond donors (Lipinski definition) is 1. The SMILES string of the molecule is Cc1nnc(N2CC(O)CC2c2ccc(F)c(F)c2)o1. The van der Waals surface area contributed by atoms with Crippen molar-refractivity contribution in [1.29, 1.82) is 0 Å². The number of hydrogen-bond acceptors (Lipinski definition) is 5. The van der Waals surface area contributed by atoms with Crippen LogP contribution in [-0.4, -0.2) is 28.0 Å². The number of anilines is 1. The van der Waals surface area contributed by atoms with Crippen molar-refractivity contribution in [2.75, 3.05) is 11.4 Å². The van der Waals surface area contributed by atoms with Gasteiger partial charge in [0.05, 0.1) is 12.1 Å². The number of halogens is 2. The Labute approximate surface area is 113 Å². The fourth-order valence-corrected chi connectivity index (χ4v) is 2.46. The van der Waals surface area contributed by atoms with E-state index in [9.17, 15) is 13.9 Å². The van der Waals surface area contributed by atoms with Crippen molar-refractivity contribution in [3.63, 3.8) is 0 Å². The fraction of sp³-hybridized carbons (Fsp3) is 0.385. The molecule has 2 atom stereocenters. The van der Waals surface area contributed by atoms with Crippen LogP contribution < -0.4 is 4.90 Å². The van der Waals surface area contributed by atoms with Crippen LogP contribution >= 0.6 is 0 Å². The van der Waals surface area contributed by atoms with Crippen molar-refractivity contribution in [3.05, 3.63) is 41.3 Å². The molecule has 5 nitrogen and oxygen atoms in total. The smallest absolute Gasteiger partial charge is 0.318 e. The predicted molar refractivity (Wildman–Crippen MR) is 66.1 cm³/mol. The first-order valence-corrected chi connectivity index (χ1v) is 6.24. The molecule has 0 aliphatic carbocycles. The molecule has 1 aliphatic rings. The van der Waals surface area contributed by atoms with Gasteiger partial charge in [0.2, 0.25) is 5.89 Å². The Balaban J connectivity index is 1.95. The summed E-state index contributed by atoms with van der Waals surface area (Å²) < 4.78 is 31.7. The molecule has 0 spiro atoms.